The van der Waals surface area contributed by atoms with Crippen LogP contribution in [0.2, 0.25) is 0 Å². The number of hydrogen-bond donors (Lipinski definition) is 3. The molecule has 0 amide bonds. The molecule has 3 heteroatoms. The zero-order valence-electron chi connectivity index (χ0n) is 10.2. The molecule has 0 aliphatic carbocycles. The Kier molecular flexibility index (Phi) is 4.10. The van der Waals surface area contributed by atoms with Crippen LogP contribution >= 0.6 is 0 Å². The minimum atomic E-state index is -0.636. The van der Waals surface area contributed by atoms with Gasteiger partial charge in [-0.1, -0.05) is 48.5 Å². The molecule has 0 heterocycles. The van der Waals surface area contributed by atoms with Crippen molar-refractivity contribution in [3.63, 3.8) is 0 Å². The van der Waals surface area contributed by atoms with Crippen LogP contribution in [0.25, 0.3) is 0 Å². The highest BCUT2D eigenvalue weighted by molar-refractivity contribution is 5.34. The van der Waals surface area contributed by atoms with Crippen LogP contribution in [0.4, 0.5) is 0 Å². The second-order valence-electron chi connectivity index (χ2n) is 4.30. The molecular formula is C15H18N2O. The molecule has 0 fully saturated rings. The van der Waals surface area contributed by atoms with Crippen LogP contribution in [0.5, 0.6) is 0 Å². The van der Waals surface area contributed by atoms with E-state index in [0.717, 1.165) is 22.3 Å². The quantitative estimate of drug-likeness (QED) is 0.764. The van der Waals surface area contributed by atoms with Gasteiger partial charge in [-0.3, -0.25) is 0 Å². The van der Waals surface area contributed by atoms with Gasteiger partial charge >= 0.3 is 0 Å². The van der Waals surface area contributed by atoms with Gasteiger partial charge in [0.15, 0.2) is 0 Å². The van der Waals surface area contributed by atoms with E-state index >= 15 is 0 Å². The summed E-state index contributed by atoms with van der Waals surface area (Å²) in [5, 5.41) is 10.4. The Morgan fingerprint density at radius 2 is 1.28 bits per heavy atom. The molecule has 2 aromatic rings. The Morgan fingerprint density at radius 1 is 0.833 bits per heavy atom. The summed E-state index contributed by atoms with van der Waals surface area (Å²) in [4.78, 5) is 0. The van der Waals surface area contributed by atoms with Crippen molar-refractivity contribution in [3.05, 3.63) is 70.8 Å². The monoisotopic (exact) mass is 242 g/mol. The maximum absolute atomic E-state index is 10.4. The van der Waals surface area contributed by atoms with Crippen LogP contribution in [-0.4, -0.2) is 5.11 Å². The molecule has 0 unspecified atom stereocenters. The number of benzene rings is 2. The maximum atomic E-state index is 10.4. The van der Waals surface area contributed by atoms with Crippen LogP contribution in [0.3, 0.4) is 0 Å². The van der Waals surface area contributed by atoms with Crippen molar-refractivity contribution in [2.45, 2.75) is 19.2 Å². The van der Waals surface area contributed by atoms with E-state index in [2.05, 4.69) is 0 Å². The second kappa shape index (κ2) is 5.78. The number of aliphatic hydroxyl groups is 1. The highest BCUT2D eigenvalue weighted by Gasteiger charge is 2.10. The topological polar surface area (TPSA) is 72.3 Å². The highest BCUT2D eigenvalue weighted by Crippen LogP contribution is 2.23. The molecule has 0 saturated carbocycles. The van der Waals surface area contributed by atoms with E-state index in [1.54, 1.807) is 0 Å². The summed E-state index contributed by atoms with van der Waals surface area (Å²) in [7, 11) is 0. The fourth-order valence-electron chi connectivity index (χ4n) is 1.97. The Balaban J connectivity index is 2.31. The molecular weight excluding hydrogens is 224 g/mol. The first-order valence-corrected chi connectivity index (χ1v) is 6.00. The SMILES string of the molecule is NCc1cccc(C(O)c2cccc(CN)c2)c1. The average Bonchev–Trinajstić information content (AvgIpc) is 2.46. The first-order chi connectivity index (χ1) is 8.74. The van der Waals surface area contributed by atoms with Crippen molar-refractivity contribution in [2.24, 2.45) is 11.5 Å². The van der Waals surface area contributed by atoms with Gasteiger partial charge in [0.2, 0.25) is 0 Å². The molecule has 2 rings (SSSR count). The largest absolute Gasteiger partial charge is 0.384 e. The van der Waals surface area contributed by atoms with Crippen LogP contribution < -0.4 is 11.5 Å². The van der Waals surface area contributed by atoms with Gasteiger partial charge in [-0.2, -0.15) is 0 Å². The molecule has 3 nitrogen and oxygen atoms in total. The minimum absolute atomic E-state index is 0.476. The lowest BCUT2D eigenvalue weighted by Gasteiger charge is -2.13. The number of rotatable bonds is 4. The first kappa shape index (κ1) is 12.8. The van der Waals surface area contributed by atoms with Gasteiger partial charge in [-0.05, 0) is 22.3 Å². The van der Waals surface area contributed by atoms with Gasteiger partial charge in [0.1, 0.15) is 6.10 Å². The summed E-state index contributed by atoms with van der Waals surface area (Å²) in [6.45, 7) is 0.951. The van der Waals surface area contributed by atoms with Gasteiger partial charge in [0.05, 0.1) is 0 Å². The maximum Gasteiger partial charge on any atom is 0.104 e. The number of hydrogen-bond acceptors (Lipinski definition) is 3. The van der Waals surface area contributed by atoms with Gasteiger partial charge in [0.25, 0.3) is 0 Å². The van der Waals surface area contributed by atoms with E-state index in [9.17, 15) is 5.11 Å². The summed E-state index contributed by atoms with van der Waals surface area (Å²) in [5.41, 5.74) is 14.9. The van der Waals surface area contributed by atoms with Crippen molar-refractivity contribution < 1.29 is 5.11 Å². The van der Waals surface area contributed by atoms with Gasteiger partial charge < -0.3 is 16.6 Å². The van der Waals surface area contributed by atoms with E-state index in [4.69, 9.17) is 11.5 Å². The first-order valence-electron chi connectivity index (χ1n) is 6.00. The third-order valence-corrected chi connectivity index (χ3v) is 3.00. The van der Waals surface area contributed by atoms with Gasteiger partial charge in [0, 0.05) is 13.1 Å². The molecule has 0 spiro atoms. The molecule has 0 aliphatic heterocycles. The lowest BCUT2D eigenvalue weighted by molar-refractivity contribution is 0.220. The zero-order chi connectivity index (χ0) is 13.0. The summed E-state index contributed by atoms with van der Waals surface area (Å²) < 4.78 is 0. The molecule has 0 saturated heterocycles. The predicted molar refractivity (Wildman–Crippen MR) is 72.7 cm³/mol. The number of aliphatic hydroxyl groups excluding tert-OH is 1. The molecule has 18 heavy (non-hydrogen) atoms. The van der Waals surface area contributed by atoms with Crippen molar-refractivity contribution in [1.82, 2.24) is 0 Å². The van der Waals surface area contributed by atoms with Gasteiger partial charge in [-0.15, -0.1) is 0 Å². The average molecular weight is 242 g/mol. The smallest absolute Gasteiger partial charge is 0.104 e. The molecule has 2 aromatic carbocycles. The third-order valence-electron chi connectivity index (χ3n) is 3.00. The predicted octanol–water partition coefficient (Wildman–Crippen LogP) is 1.69. The fourth-order valence-corrected chi connectivity index (χ4v) is 1.97. The van der Waals surface area contributed by atoms with Crippen molar-refractivity contribution in [1.29, 1.82) is 0 Å². The molecule has 0 radical (unpaired) electrons. The van der Waals surface area contributed by atoms with Gasteiger partial charge in [-0.25, -0.2) is 0 Å². The van der Waals surface area contributed by atoms with Crippen LogP contribution in [-0.2, 0) is 13.1 Å². The molecule has 94 valence electrons. The van der Waals surface area contributed by atoms with E-state index in [-0.39, 0.29) is 0 Å². The molecule has 5 N–H and O–H groups in total. The molecule has 0 atom stereocenters. The van der Waals surface area contributed by atoms with Crippen LogP contribution in [0.1, 0.15) is 28.4 Å². The Bertz CT molecular complexity index is 478. The van der Waals surface area contributed by atoms with E-state index in [1.165, 1.54) is 0 Å². The lowest BCUT2D eigenvalue weighted by Crippen LogP contribution is -2.04. The lowest BCUT2D eigenvalue weighted by atomic mass is 9.98. The molecule has 0 aromatic heterocycles. The van der Waals surface area contributed by atoms with E-state index in [1.807, 2.05) is 48.5 Å². The third kappa shape index (κ3) is 2.76. The number of nitrogens with two attached hydrogens (primary N) is 2. The van der Waals surface area contributed by atoms with Crippen molar-refractivity contribution >= 4 is 0 Å². The second-order valence-corrected chi connectivity index (χ2v) is 4.30. The Morgan fingerprint density at radius 3 is 1.67 bits per heavy atom. The van der Waals surface area contributed by atoms with E-state index < -0.39 is 6.10 Å². The fraction of sp³-hybridized carbons (Fsp3) is 0.200. The van der Waals surface area contributed by atoms with E-state index in [0.29, 0.717) is 13.1 Å². The Labute approximate surface area is 107 Å². The van der Waals surface area contributed by atoms with Crippen LogP contribution in [0, 0.1) is 0 Å². The van der Waals surface area contributed by atoms with Crippen LogP contribution in [0.15, 0.2) is 48.5 Å². The standard InChI is InChI=1S/C15H18N2O/c16-9-11-3-1-5-13(7-11)15(18)14-6-2-4-12(8-14)10-17/h1-8,15,18H,9-10,16-17H2. The molecule has 0 aliphatic rings. The summed E-state index contributed by atoms with van der Waals surface area (Å²) in [5.74, 6) is 0. The normalized spacial score (nSPS) is 10.9. The van der Waals surface area contributed by atoms with Crippen molar-refractivity contribution in [2.75, 3.05) is 0 Å². The summed E-state index contributed by atoms with van der Waals surface area (Å²) in [6.07, 6.45) is -0.636. The highest BCUT2D eigenvalue weighted by atomic mass is 16.3. The summed E-state index contributed by atoms with van der Waals surface area (Å²) in [6, 6.07) is 15.4. The zero-order valence-corrected chi connectivity index (χ0v) is 10.2. The minimum Gasteiger partial charge on any atom is -0.384 e. The van der Waals surface area contributed by atoms with Crippen molar-refractivity contribution in [3.8, 4) is 0 Å². The molecule has 0 bridgehead atoms. The Hall–Kier alpha value is -1.68. The summed E-state index contributed by atoms with van der Waals surface area (Å²) >= 11 is 0.